The Bertz CT molecular complexity index is 105. The van der Waals surface area contributed by atoms with E-state index in [0.29, 0.717) is 6.61 Å². The second-order valence-corrected chi connectivity index (χ2v) is 3.02. The molecule has 0 fully saturated rings. The predicted molar refractivity (Wildman–Crippen MR) is 49.6 cm³/mol. The fourth-order valence-electron chi connectivity index (χ4n) is 1.01. The van der Waals surface area contributed by atoms with Gasteiger partial charge in [-0.2, -0.15) is 0 Å². The maximum absolute atomic E-state index is 8.51. The third kappa shape index (κ3) is 7.60. The molecule has 0 aliphatic heterocycles. The van der Waals surface area contributed by atoms with Gasteiger partial charge >= 0.3 is 0 Å². The maximum atomic E-state index is 8.51. The lowest BCUT2D eigenvalue weighted by Gasteiger charge is -1.99. The number of allylic oxidation sites excluding steroid dienone is 2. The SMILES string of the molecule is CC=C(C)CCCCCCO. The molecule has 0 radical (unpaired) electrons. The molecular weight excluding hydrogens is 136 g/mol. The van der Waals surface area contributed by atoms with E-state index in [1.54, 1.807) is 0 Å². The van der Waals surface area contributed by atoms with Crippen LogP contribution in [0.1, 0.15) is 46.0 Å². The van der Waals surface area contributed by atoms with E-state index in [-0.39, 0.29) is 0 Å². The Hall–Kier alpha value is -0.300. The standard InChI is InChI=1S/C10H20O/c1-3-10(2)8-6-4-5-7-9-11/h3,11H,4-9H2,1-2H3. The molecule has 0 aromatic heterocycles. The Morgan fingerprint density at radius 1 is 1.18 bits per heavy atom. The number of aliphatic hydroxyl groups is 1. The lowest BCUT2D eigenvalue weighted by Crippen LogP contribution is -1.84. The Labute approximate surface area is 70.1 Å². The van der Waals surface area contributed by atoms with Crippen molar-refractivity contribution in [1.29, 1.82) is 0 Å². The van der Waals surface area contributed by atoms with Gasteiger partial charge in [0.15, 0.2) is 0 Å². The van der Waals surface area contributed by atoms with Crippen molar-refractivity contribution >= 4 is 0 Å². The van der Waals surface area contributed by atoms with Crippen molar-refractivity contribution in [2.45, 2.75) is 46.0 Å². The van der Waals surface area contributed by atoms with Gasteiger partial charge in [-0.25, -0.2) is 0 Å². The van der Waals surface area contributed by atoms with Gasteiger partial charge in [0.2, 0.25) is 0 Å². The first kappa shape index (κ1) is 10.7. The van der Waals surface area contributed by atoms with Gasteiger partial charge in [-0.05, 0) is 33.1 Å². The van der Waals surface area contributed by atoms with Crippen molar-refractivity contribution in [3.63, 3.8) is 0 Å². The molecule has 0 amide bonds. The van der Waals surface area contributed by atoms with Crippen LogP contribution in [-0.4, -0.2) is 11.7 Å². The van der Waals surface area contributed by atoms with Gasteiger partial charge in [0.1, 0.15) is 0 Å². The highest BCUT2D eigenvalue weighted by Crippen LogP contribution is 2.08. The summed E-state index contributed by atoms with van der Waals surface area (Å²) in [6.07, 6.45) is 8.07. The van der Waals surface area contributed by atoms with E-state index >= 15 is 0 Å². The zero-order chi connectivity index (χ0) is 8.53. The second-order valence-electron chi connectivity index (χ2n) is 3.02. The van der Waals surface area contributed by atoms with Crippen LogP contribution in [0.15, 0.2) is 11.6 Å². The molecule has 0 spiro atoms. The number of rotatable bonds is 6. The molecule has 1 N–H and O–H groups in total. The van der Waals surface area contributed by atoms with Crippen molar-refractivity contribution in [3.8, 4) is 0 Å². The first-order chi connectivity index (χ1) is 5.31. The fraction of sp³-hybridized carbons (Fsp3) is 0.800. The third-order valence-corrected chi connectivity index (χ3v) is 1.97. The number of unbranched alkanes of at least 4 members (excludes halogenated alkanes) is 3. The Balaban J connectivity index is 3.02. The molecule has 0 saturated heterocycles. The summed E-state index contributed by atoms with van der Waals surface area (Å²) in [4.78, 5) is 0. The monoisotopic (exact) mass is 156 g/mol. The molecule has 0 aliphatic rings. The van der Waals surface area contributed by atoms with E-state index in [1.807, 2.05) is 0 Å². The predicted octanol–water partition coefficient (Wildman–Crippen LogP) is 2.90. The van der Waals surface area contributed by atoms with Gasteiger partial charge in [-0.3, -0.25) is 0 Å². The minimum atomic E-state index is 0.350. The van der Waals surface area contributed by atoms with Gasteiger partial charge in [0, 0.05) is 6.61 Å². The summed E-state index contributed by atoms with van der Waals surface area (Å²) in [5.41, 5.74) is 1.48. The molecule has 0 unspecified atom stereocenters. The van der Waals surface area contributed by atoms with Crippen molar-refractivity contribution in [2.75, 3.05) is 6.61 Å². The van der Waals surface area contributed by atoms with E-state index in [2.05, 4.69) is 19.9 Å². The van der Waals surface area contributed by atoms with Gasteiger partial charge in [0.25, 0.3) is 0 Å². The van der Waals surface area contributed by atoms with E-state index in [1.165, 1.54) is 31.3 Å². The number of hydrogen-bond acceptors (Lipinski definition) is 1. The van der Waals surface area contributed by atoms with Gasteiger partial charge < -0.3 is 5.11 Å². The molecule has 1 nitrogen and oxygen atoms in total. The van der Waals surface area contributed by atoms with Crippen LogP contribution < -0.4 is 0 Å². The molecule has 0 atom stereocenters. The highest BCUT2D eigenvalue weighted by molar-refractivity contribution is 4.94. The average molecular weight is 156 g/mol. The Kier molecular flexibility index (Phi) is 7.59. The Morgan fingerprint density at radius 2 is 1.82 bits per heavy atom. The first-order valence-corrected chi connectivity index (χ1v) is 4.54. The number of hydrogen-bond donors (Lipinski definition) is 1. The van der Waals surface area contributed by atoms with E-state index in [0.717, 1.165) is 6.42 Å². The molecule has 66 valence electrons. The quantitative estimate of drug-likeness (QED) is 0.463. The molecular formula is C10H20O. The molecule has 0 aromatic carbocycles. The van der Waals surface area contributed by atoms with Gasteiger partial charge in [-0.1, -0.05) is 24.5 Å². The largest absolute Gasteiger partial charge is 0.396 e. The van der Waals surface area contributed by atoms with Crippen LogP contribution in [0.4, 0.5) is 0 Å². The van der Waals surface area contributed by atoms with Crippen LogP contribution in [0.3, 0.4) is 0 Å². The summed E-state index contributed by atoms with van der Waals surface area (Å²) in [6.45, 7) is 4.61. The zero-order valence-electron chi connectivity index (χ0n) is 7.77. The summed E-state index contributed by atoms with van der Waals surface area (Å²) in [7, 11) is 0. The van der Waals surface area contributed by atoms with Crippen LogP contribution in [0.2, 0.25) is 0 Å². The van der Waals surface area contributed by atoms with Crippen LogP contribution in [-0.2, 0) is 0 Å². The molecule has 0 rings (SSSR count). The van der Waals surface area contributed by atoms with Crippen molar-refractivity contribution < 1.29 is 5.11 Å². The van der Waals surface area contributed by atoms with Gasteiger partial charge in [0.05, 0.1) is 0 Å². The van der Waals surface area contributed by atoms with Crippen molar-refractivity contribution in [3.05, 3.63) is 11.6 Å². The summed E-state index contributed by atoms with van der Waals surface area (Å²) in [6, 6.07) is 0. The molecule has 0 aromatic rings. The summed E-state index contributed by atoms with van der Waals surface area (Å²) in [5, 5.41) is 8.51. The summed E-state index contributed by atoms with van der Waals surface area (Å²) >= 11 is 0. The van der Waals surface area contributed by atoms with Crippen LogP contribution in [0.5, 0.6) is 0 Å². The molecule has 0 saturated carbocycles. The Morgan fingerprint density at radius 3 is 2.36 bits per heavy atom. The van der Waals surface area contributed by atoms with E-state index < -0.39 is 0 Å². The minimum absolute atomic E-state index is 0.350. The first-order valence-electron chi connectivity index (χ1n) is 4.54. The maximum Gasteiger partial charge on any atom is 0.0431 e. The summed E-state index contributed by atoms with van der Waals surface area (Å²) in [5.74, 6) is 0. The fourth-order valence-corrected chi connectivity index (χ4v) is 1.01. The summed E-state index contributed by atoms with van der Waals surface area (Å²) < 4.78 is 0. The molecule has 1 heteroatoms. The second kappa shape index (κ2) is 7.80. The minimum Gasteiger partial charge on any atom is -0.396 e. The lowest BCUT2D eigenvalue weighted by molar-refractivity contribution is 0.282. The van der Waals surface area contributed by atoms with E-state index in [4.69, 9.17) is 5.11 Å². The van der Waals surface area contributed by atoms with Crippen LogP contribution in [0.25, 0.3) is 0 Å². The van der Waals surface area contributed by atoms with Crippen molar-refractivity contribution in [2.24, 2.45) is 0 Å². The van der Waals surface area contributed by atoms with Crippen LogP contribution >= 0.6 is 0 Å². The molecule has 0 bridgehead atoms. The third-order valence-electron chi connectivity index (χ3n) is 1.97. The number of aliphatic hydroxyl groups excluding tert-OH is 1. The van der Waals surface area contributed by atoms with Crippen molar-refractivity contribution in [1.82, 2.24) is 0 Å². The van der Waals surface area contributed by atoms with Crippen LogP contribution in [0, 0.1) is 0 Å². The normalized spacial score (nSPS) is 12.1. The zero-order valence-corrected chi connectivity index (χ0v) is 7.77. The molecule has 11 heavy (non-hydrogen) atoms. The lowest BCUT2D eigenvalue weighted by atomic mass is 10.1. The average Bonchev–Trinajstić information content (AvgIpc) is 2.04. The topological polar surface area (TPSA) is 20.2 Å². The highest BCUT2D eigenvalue weighted by atomic mass is 16.2. The smallest absolute Gasteiger partial charge is 0.0431 e. The highest BCUT2D eigenvalue weighted by Gasteiger charge is 1.90. The van der Waals surface area contributed by atoms with E-state index in [9.17, 15) is 0 Å². The molecule has 0 aliphatic carbocycles. The molecule has 0 heterocycles. The van der Waals surface area contributed by atoms with Gasteiger partial charge in [-0.15, -0.1) is 0 Å².